The van der Waals surface area contributed by atoms with Crippen molar-refractivity contribution in [3.05, 3.63) is 12.2 Å². The number of ether oxygens (including phenoxy) is 1. The van der Waals surface area contributed by atoms with Gasteiger partial charge in [-0.15, -0.1) is 0 Å². The maximum Gasteiger partial charge on any atom is 0.309 e. The van der Waals surface area contributed by atoms with Crippen molar-refractivity contribution in [3.8, 4) is 0 Å². The van der Waals surface area contributed by atoms with E-state index in [4.69, 9.17) is 4.74 Å². The van der Waals surface area contributed by atoms with Crippen molar-refractivity contribution in [1.82, 2.24) is 0 Å². The van der Waals surface area contributed by atoms with Gasteiger partial charge >= 0.3 is 5.97 Å². The van der Waals surface area contributed by atoms with Gasteiger partial charge in [0, 0.05) is 0 Å². The molecule has 0 saturated heterocycles. The Kier molecular flexibility index (Phi) is 3.39. The summed E-state index contributed by atoms with van der Waals surface area (Å²) < 4.78 is 6.33. The third-order valence-corrected chi connectivity index (χ3v) is 6.97. The highest BCUT2D eigenvalue weighted by atomic mass is 16.6. The number of carbonyl (C=O) groups excluding carboxylic acids is 1. The van der Waals surface area contributed by atoms with Crippen LogP contribution in [0.4, 0.5) is 0 Å². The van der Waals surface area contributed by atoms with E-state index in [0.717, 1.165) is 37.5 Å². The van der Waals surface area contributed by atoms with Crippen molar-refractivity contribution in [2.75, 3.05) is 0 Å². The second kappa shape index (κ2) is 5.14. The summed E-state index contributed by atoms with van der Waals surface area (Å²) in [6.45, 7) is 2.25. The molecule has 5 aliphatic carbocycles. The molecule has 116 valence electrons. The van der Waals surface area contributed by atoms with Crippen molar-refractivity contribution in [2.45, 2.75) is 70.3 Å². The summed E-state index contributed by atoms with van der Waals surface area (Å²) in [6, 6.07) is 0. The molecule has 0 aromatic carbocycles. The lowest BCUT2D eigenvalue weighted by molar-refractivity contribution is -0.214. The molecule has 5 aliphatic rings. The van der Waals surface area contributed by atoms with E-state index in [1.54, 1.807) is 0 Å². The van der Waals surface area contributed by atoms with E-state index >= 15 is 0 Å². The molecule has 1 atom stereocenters. The molecular weight excluding hydrogens is 260 g/mol. The molecule has 0 heterocycles. The van der Waals surface area contributed by atoms with Crippen LogP contribution < -0.4 is 0 Å². The Labute approximate surface area is 128 Å². The Morgan fingerprint density at radius 2 is 1.76 bits per heavy atom. The van der Waals surface area contributed by atoms with Crippen LogP contribution in [0, 0.1) is 29.6 Å². The molecule has 0 amide bonds. The summed E-state index contributed by atoms with van der Waals surface area (Å²) in [7, 11) is 0. The zero-order valence-corrected chi connectivity index (χ0v) is 13.2. The molecule has 2 heteroatoms. The summed E-state index contributed by atoms with van der Waals surface area (Å²) in [6.07, 6.45) is 15.0. The highest BCUT2D eigenvalue weighted by Gasteiger charge is 2.58. The van der Waals surface area contributed by atoms with Crippen molar-refractivity contribution in [1.29, 1.82) is 0 Å². The minimum absolute atomic E-state index is 0.105. The molecular formula is C19H28O2. The first kappa shape index (κ1) is 13.8. The molecule has 4 fully saturated rings. The van der Waals surface area contributed by atoms with E-state index in [0.29, 0.717) is 11.8 Å². The molecule has 4 saturated carbocycles. The molecule has 2 nitrogen and oxygen atoms in total. The Morgan fingerprint density at radius 3 is 2.29 bits per heavy atom. The first-order chi connectivity index (χ1) is 10.2. The monoisotopic (exact) mass is 288 g/mol. The molecule has 0 spiro atoms. The fourth-order valence-corrected chi connectivity index (χ4v) is 6.08. The van der Waals surface area contributed by atoms with Crippen LogP contribution in [0.3, 0.4) is 0 Å². The van der Waals surface area contributed by atoms with Crippen LogP contribution >= 0.6 is 0 Å². The topological polar surface area (TPSA) is 26.3 Å². The predicted molar refractivity (Wildman–Crippen MR) is 82.6 cm³/mol. The number of rotatable bonds is 3. The SMILES string of the molecule is CCC1(OC(=O)C2CC=CCC2)C2CC3CC(C2)CC1C3. The first-order valence-electron chi connectivity index (χ1n) is 9.09. The standard InChI is InChI=1S/C19H28O2/c1-2-19(21-18(20)15-6-4-3-5-7-15)16-9-13-8-14(11-16)12-17(19)10-13/h3-4,13-17H,2,5-12H2,1H3. The van der Waals surface area contributed by atoms with Gasteiger partial charge in [0.25, 0.3) is 0 Å². The predicted octanol–water partition coefficient (Wildman–Crippen LogP) is 4.49. The Hall–Kier alpha value is -0.790. The fourth-order valence-electron chi connectivity index (χ4n) is 6.08. The summed E-state index contributed by atoms with van der Waals surface area (Å²) >= 11 is 0. The first-order valence-corrected chi connectivity index (χ1v) is 9.09. The summed E-state index contributed by atoms with van der Waals surface area (Å²) in [4.78, 5) is 12.7. The number of hydrogen-bond acceptors (Lipinski definition) is 2. The smallest absolute Gasteiger partial charge is 0.309 e. The Morgan fingerprint density at radius 1 is 1.10 bits per heavy atom. The second-order valence-electron chi connectivity index (χ2n) is 8.02. The average molecular weight is 288 g/mol. The third-order valence-electron chi connectivity index (χ3n) is 6.97. The van der Waals surface area contributed by atoms with Crippen LogP contribution in [-0.4, -0.2) is 11.6 Å². The zero-order chi connectivity index (χ0) is 14.4. The van der Waals surface area contributed by atoms with Gasteiger partial charge in [0.15, 0.2) is 0 Å². The molecule has 5 rings (SSSR count). The van der Waals surface area contributed by atoms with Gasteiger partial charge in [-0.1, -0.05) is 19.1 Å². The molecule has 0 N–H and O–H groups in total. The Bertz CT molecular complexity index is 422. The normalized spacial score (nSPS) is 47.6. The van der Waals surface area contributed by atoms with E-state index in [9.17, 15) is 4.79 Å². The number of hydrogen-bond donors (Lipinski definition) is 0. The summed E-state index contributed by atoms with van der Waals surface area (Å²) in [5.41, 5.74) is -0.105. The van der Waals surface area contributed by atoms with Crippen LogP contribution in [-0.2, 0) is 9.53 Å². The van der Waals surface area contributed by atoms with Gasteiger partial charge in [-0.05, 0) is 81.5 Å². The molecule has 0 aromatic rings. The van der Waals surface area contributed by atoms with Crippen molar-refractivity contribution < 1.29 is 9.53 Å². The van der Waals surface area contributed by atoms with Crippen molar-refractivity contribution in [2.24, 2.45) is 29.6 Å². The highest BCUT2D eigenvalue weighted by molar-refractivity contribution is 5.73. The lowest BCUT2D eigenvalue weighted by Gasteiger charge is -2.60. The lowest BCUT2D eigenvalue weighted by atomic mass is 9.49. The quantitative estimate of drug-likeness (QED) is 0.565. The molecule has 0 aliphatic heterocycles. The molecule has 0 aromatic heterocycles. The minimum Gasteiger partial charge on any atom is -0.458 e. The highest BCUT2D eigenvalue weighted by Crippen LogP contribution is 2.60. The van der Waals surface area contributed by atoms with Gasteiger partial charge in [-0.25, -0.2) is 0 Å². The van der Waals surface area contributed by atoms with E-state index in [-0.39, 0.29) is 17.5 Å². The van der Waals surface area contributed by atoms with E-state index in [1.807, 2.05) is 0 Å². The van der Waals surface area contributed by atoms with E-state index in [1.165, 1.54) is 32.1 Å². The van der Waals surface area contributed by atoms with Gasteiger partial charge in [-0.3, -0.25) is 4.79 Å². The van der Waals surface area contributed by atoms with Gasteiger partial charge in [0.1, 0.15) is 5.60 Å². The van der Waals surface area contributed by atoms with E-state index in [2.05, 4.69) is 19.1 Å². The van der Waals surface area contributed by atoms with Crippen LogP contribution in [0.2, 0.25) is 0 Å². The minimum atomic E-state index is -0.105. The second-order valence-corrected chi connectivity index (χ2v) is 8.02. The molecule has 0 radical (unpaired) electrons. The maximum atomic E-state index is 12.7. The van der Waals surface area contributed by atoms with Crippen molar-refractivity contribution in [3.63, 3.8) is 0 Å². The van der Waals surface area contributed by atoms with E-state index < -0.39 is 0 Å². The van der Waals surface area contributed by atoms with Crippen LogP contribution in [0.5, 0.6) is 0 Å². The number of carbonyl (C=O) groups is 1. The van der Waals surface area contributed by atoms with Gasteiger partial charge in [0.2, 0.25) is 0 Å². The molecule has 21 heavy (non-hydrogen) atoms. The Balaban J connectivity index is 1.53. The zero-order valence-electron chi connectivity index (χ0n) is 13.2. The third kappa shape index (κ3) is 2.17. The van der Waals surface area contributed by atoms with Crippen LogP contribution in [0.15, 0.2) is 12.2 Å². The molecule has 4 bridgehead atoms. The van der Waals surface area contributed by atoms with Gasteiger partial charge in [0.05, 0.1) is 5.92 Å². The number of esters is 1. The van der Waals surface area contributed by atoms with Crippen molar-refractivity contribution >= 4 is 5.97 Å². The fraction of sp³-hybridized carbons (Fsp3) is 0.842. The largest absolute Gasteiger partial charge is 0.458 e. The van der Waals surface area contributed by atoms with Gasteiger partial charge in [-0.2, -0.15) is 0 Å². The van der Waals surface area contributed by atoms with Crippen LogP contribution in [0.1, 0.15) is 64.7 Å². The maximum absolute atomic E-state index is 12.7. The summed E-state index contributed by atoms with van der Waals surface area (Å²) in [5, 5.41) is 0. The lowest BCUT2D eigenvalue weighted by Crippen LogP contribution is -2.59. The van der Waals surface area contributed by atoms with Gasteiger partial charge < -0.3 is 4.74 Å². The summed E-state index contributed by atoms with van der Waals surface area (Å²) in [5.74, 6) is 3.40. The van der Waals surface area contributed by atoms with Crippen LogP contribution in [0.25, 0.3) is 0 Å². The average Bonchev–Trinajstić information content (AvgIpc) is 2.51. The number of allylic oxidation sites excluding steroid dienone is 2. The molecule has 1 unspecified atom stereocenters.